The van der Waals surface area contributed by atoms with Crippen molar-refractivity contribution in [3.8, 4) is 0 Å². The number of aromatic carboxylic acids is 1. The lowest BCUT2D eigenvalue weighted by Crippen LogP contribution is -2.44. The van der Waals surface area contributed by atoms with Crippen LogP contribution in [-0.2, 0) is 0 Å². The molecule has 4 N–H and O–H groups in total. The van der Waals surface area contributed by atoms with Gasteiger partial charge in [0.1, 0.15) is 5.82 Å². The summed E-state index contributed by atoms with van der Waals surface area (Å²) in [4.78, 5) is 11.0. The lowest BCUT2D eigenvalue weighted by atomic mass is 9.74. The van der Waals surface area contributed by atoms with Gasteiger partial charge in [0.05, 0.1) is 11.3 Å². The highest BCUT2D eigenvalue weighted by Gasteiger charge is 2.35. The SMILES string of the molecule is CCC1(Nc2cc(C(=O)O)c(N)cc2F)CCC1. The maximum absolute atomic E-state index is 13.8. The lowest BCUT2D eigenvalue weighted by molar-refractivity contribution is 0.0698. The minimum atomic E-state index is -1.14. The summed E-state index contributed by atoms with van der Waals surface area (Å²) in [6.45, 7) is 2.04. The van der Waals surface area contributed by atoms with Gasteiger partial charge >= 0.3 is 5.97 Å². The summed E-state index contributed by atoms with van der Waals surface area (Å²) in [6.07, 6.45) is 3.97. The number of nitrogens with two attached hydrogens (primary N) is 1. The quantitative estimate of drug-likeness (QED) is 0.720. The van der Waals surface area contributed by atoms with Crippen molar-refractivity contribution in [2.45, 2.75) is 38.1 Å². The van der Waals surface area contributed by atoms with Crippen molar-refractivity contribution in [1.82, 2.24) is 0 Å². The molecule has 1 saturated carbocycles. The molecule has 0 amide bonds. The molecule has 1 aliphatic rings. The maximum atomic E-state index is 13.8. The van der Waals surface area contributed by atoms with E-state index in [-0.39, 0.29) is 22.5 Å². The Balaban J connectivity index is 2.32. The molecule has 1 fully saturated rings. The van der Waals surface area contributed by atoms with Gasteiger partial charge < -0.3 is 16.2 Å². The molecule has 0 aliphatic heterocycles. The smallest absolute Gasteiger partial charge is 0.337 e. The highest BCUT2D eigenvalue weighted by Crippen LogP contribution is 2.39. The number of carboxylic acid groups (broad SMARTS) is 1. The van der Waals surface area contributed by atoms with Gasteiger partial charge in [0.25, 0.3) is 0 Å². The Morgan fingerprint density at radius 3 is 2.67 bits per heavy atom. The summed E-state index contributed by atoms with van der Waals surface area (Å²) >= 11 is 0. The Hall–Kier alpha value is -1.78. The molecule has 0 radical (unpaired) electrons. The highest BCUT2D eigenvalue weighted by molar-refractivity contribution is 5.94. The minimum Gasteiger partial charge on any atom is -0.478 e. The largest absolute Gasteiger partial charge is 0.478 e. The van der Waals surface area contributed by atoms with Crippen LogP contribution in [0.4, 0.5) is 15.8 Å². The van der Waals surface area contributed by atoms with Crippen LogP contribution in [0.25, 0.3) is 0 Å². The van der Waals surface area contributed by atoms with E-state index in [0.717, 1.165) is 31.7 Å². The van der Waals surface area contributed by atoms with Crippen molar-refractivity contribution < 1.29 is 14.3 Å². The van der Waals surface area contributed by atoms with Crippen LogP contribution in [0.15, 0.2) is 12.1 Å². The van der Waals surface area contributed by atoms with Gasteiger partial charge in [-0.15, -0.1) is 0 Å². The van der Waals surface area contributed by atoms with E-state index in [1.165, 1.54) is 6.07 Å². The summed E-state index contributed by atoms with van der Waals surface area (Å²) in [5, 5.41) is 12.1. The molecule has 18 heavy (non-hydrogen) atoms. The first-order valence-corrected chi connectivity index (χ1v) is 6.08. The van der Waals surface area contributed by atoms with Crippen molar-refractivity contribution in [3.05, 3.63) is 23.5 Å². The van der Waals surface area contributed by atoms with E-state index in [9.17, 15) is 9.18 Å². The molecule has 0 saturated heterocycles. The van der Waals surface area contributed by atoms with Crippen LogP contribution in [0, 0.1) is 5.82 Å². The lowest BCUT2D eigenvalue weighted by Gasteiger charge is -2.43. The monoisotopic (exact) mass is 252 g/mol. The number of nitrogens with one attached hydrogen (secondary N) is 1. The Morgan fingerprint density at radius 1 is 1.56 bits per heavy atom. The molecule has 0 spiro atoms. The second kappa shape index (κ2) is 4.48. The van der Waals surface area contributed by atoms with Crippen LogP contribution in [0.5, 0.6) is 0 Å². The molecule has 0 heterocycles. The van der Waals surface area contributed by atoms with Crippen LogP contribution >= 0.6 is 0 Å². The van der Waals surface area contributed by atoms with Gasteiger partial charge in [0.15, 0.2) is 0 Å². The van der Waals surface area contributed by atoms with E-state index in [2.05, 4.69) is 5.32 Å². The first-order valence-electron chi connectivity index (χ1n) is 6.08. The molecular weight excluding hydrogens is 235 g/mol. The molecular formula is C13H17FN2O2. The van der Waals surface area contributed by atoms with Crippen molar-refractivity contribution in [2.75, 3.05) is 11.1 Å². The summed E-state index contributed by atoms with van der Waals surface area (Å²) in [5.74, 6) is -1.65. The minimum absolute atomic E-state index is 0.0512. The van der Waals surface area contributed by atoms with Gasteiger partial charge in [-0.25, -0.2) is 9.18 Å². The van der Waals surface area contributed by atoms with E-state index < -0.39 is 11.8 Å². The fourth-order valence-electron chi connectivity index (χ4n) is 2.33. The predicted octanol–water partition coefficient (Wildman–Crippen LogP) is 2.85. The van der Waals surface area contributed by atoms with Crippen molar-refractivity contribution >= 4 is 17.3 Å². The average Bonchev–Trinajstić information content (AvgIpc) is 2.25. The average molecular weight is 252 g/mol. The summed E-state index contributed by atoms with van der Waals surface area (Å²) < 4.78 is 13.8. The summed E-state index contributed by atoms with van der Waals surface area (Å²) in [5.41, 5.74) is 5.50. The number of carbonyl (C=O) groups is 1. The van der Waals surface area contributed by atoms with Crippen LogP contribution in [0.1, 0.15) is 43.0 Å². The van der Waals surface area contributed by atoms with Crippen molar-refractivity contribution in [1.29, 1.82) is 0 Å². The van der Waals surface area contributed by atoms with E-state index >= 15 is 0 Å². The number of hydrogen-bond donors (Lipinski definition) is 3. The van der Waals surface area contributed by atoms with Crippen molar-refractivity contribution in [2.24, 2.45) is 0 Å². The molecule has 0 unspecified atom stereocenters. The van der Waals surface area contributed by atoms with Gasteiger partial charge in [-0.3, -0.25) is 0 Å². The molecule has 0 atom stereocenters. The van der Waals surface area contributed by atoms with E-state index in [1.807, 2.05) is 6.92 Å². The third kappa shape index (κ3) is 2.12. The Kier molecular flexibility index (Phi) is 3.15. The Labute approximate surface area is 105 Å². The third-order valence-corrected chi connectivity index (χ3v) is 3.76. The normalized spacial score (nSPS) is 17.0. The number of rotatable bonds is 4. The topological polar surface area (TPSA) is 75.3 Å². The number of benzene rings is 1. The van der Waals surface area contributed by atoms with Crippen LogP contribution in [-0.4, -0.2) is 16.6 Å². The number of anilines is 2. The standard InChI is InChI=1S/C13H17FN2O2/c1-2-13(4-3-5-13)16-11-6-8(12(17)18)10(15)7-9(11)14/h6-7,16H,2-5,15H2,1H3,(H,17,18). The predicted molar refractivity (Wildman–Crippen MR) is 68.3 cm³/mol. The zero-order valence-corrected chi connectivity index (χ0v) is 10.3. The van der Waals surface area contributed by atoms with Gasteiger partial charge in [0.2, 0.25) is 0 Å². The first-order chi connectivity index (χ1) is 8.47. The molecule has 4 nitrogen and oxygen atoms in total. The summed E-state index contributed by atoms with van der Waals surface area (Å²) in [6, 6.07) is 2.34. The van der Waals surface area contributed by atoms with Gasteiger partial charge in [-0.05, 0) is 37.8 Å². The zero-order valence-electron chi connectivity index (χ0n) is 10.3. The van der Waals surface area contributed by atoms with Crippen LogP contribution in [0.3, 0.4) is 0 Å². The summed E-state index contributed by atoms with van der Waals surface area (Å²) in [7, 11) is 0. The van der Waals surface area contributed by atoms with E-state index in [1.54, 1.807) is 0 Å². The molecule has 0 bridgehead atoms. The molecule has 1 aromatic carbocycles. The maximum Gasteiger partial charge on any atom is 0.337 e. The van der Waals surface area contributed by atoms with Crippen LogP contribution < -0.4 is 11.1 Å². The van der Waals surface area contributed by atoms with Gasteiger partial charge in [0, 0.05) is 11.2 Å². The Bertz CT molecular complexity index is 479. The fraction of sp³-hybridized carbons (Fsp3) is 0.462. The Morgan fingerprint density at radius 2 is 2.22 bits per heavy atom. The second-order valence-corrected chi connectivity index (χ2v) is 4.84. The molecule has 2 rings (SSSR count). The first kappa shape index (κ1) is 12.7. The third-order valence-electron chi connectivity index (χ3n) is 3.76. The molecule has 98 valence electrons. The number of hydrogen-bond acceptors (Lipinski definition) is 3. The molecule has 1 aliphatic carbocycles. The second-order valence-electron chi connectivity index (χ2n) is 4.84. The van der Waals surface area contributed by atoms with Crippen molar-refractivity contribution in [3.63, 3.8) is 0 Å². The molecule has 0 aromatic heterocycles. The fourth-order valence-corrected chi connectivity index (χ4v) is 2.33. The number of halogens is 1. The molecule has 1 aromatic rings. The number of carboxylic acids is 1. The van der Waals surface area contributed by atoms with Gasteiger partial charge in [-0.2, -0.15) is 0 Å². The molecule has 5 heteroatoms. The van der Waals surface area contributed by atoms with Crippen LogP contribution in [0.2, 0.25) is 0 Å². The zero-order chi connectivity index (χ0) is 13.3. The highest BCUT2D eigenvalue weighted by atomic mass is 19.1. The van der Waals surface area contributed by atoms with Gasteiger partial charge in [-0.1, -0.05) is 6.92 Å². The van der Waals surface area contributed by atoms with E-state index in [4.69, 9.17) is 10.8 Å². The number of nitrogen functional groups attached to an aromatic ring is 1. The van der Waals surface area contributed by atoms with E-state index in [0.29, 0.717) is 0 Å².